The molecule has 0 atom stereocenters. The Balaban J connectivity index is 1.79. The van der Waals surface area contributed by atoms with Crippen LogP contribution in [0.1, 0.15) is 16.8 Å². The van der Waals surface area contributed by atoms with Crippen LogP contribution in [0.3, 0.4) is 0 Å². The second-order valence-corrected chi connectivity index (χ2v) is 5.37. The SMILES string of the molecule is O=C(c1ccc(F)cc1)N1CCCn2c1nc1ccccc12. The van der Waals surface area contributed by atoms with Crippen LogP contribution in [0.5, 0.6) is 0 Å². The highest BCUT2D eigenvalue weighted by molar-refractivity contribution is 6.06. The van der Waals surface area contributed by atoms with Crippen molar-refractivity contribution in [3.05, 3.63) is 59.9 Å². The highest BCUT2D eigenvalue weighted by Crippen LogP contribution is 2.27. The molecule has 110 valence electrons. The van der Waals surface area contributed by atoms with E-state index in [-0.39, 0.29) is 11.7 Å². The van der Waals surface area contributed by atoms with Crippen LogP contribution in [0.4, 0.5) is 10.3 Å². The lowest BCUT2D eigenvalue weighted by molar-refractivity contribution is 0.0981. The van der Waals surface area contributed by atoms with Gasteiger partial charge in [0, 0.05) is 18.7 Å². The Morgan fingerprint density at radius 1 is 1.05 bits per heavy atom. The Kier molecular flexibility index (Phi) is 2.92. The number of benzene rings is 2. The van der Waals surface area contributed by atoms with Crippen molar-refractivity contribution < 1.29 is 9.18 Å². The van der Waals surface area contributed by atoms with Gasteiger partial charge in [0.05, 0.1) is 11.0 Å². The summed E-state index contributed by atoms with van der Waals surface area (Å²) in [5.41, 5.74) is 2.40. The molecule has 22 heavy (non-hydrogen) atoms. The van der Waals surface area contributed by atoms with Crippen molar-refractivity contribution in [3.8, 4) is 0 Å². The Bertz CT molecular complexity index is 854. The largest absolute Gasteiger partial charge is 0.310 e. The fraction of sp³-hybridized carbons (Fsp3) is 0.176. The molecule has 0 N–H and O–H groups in total. The van der Waals surface area contributed by atoms with Gasteiger partial charge in [0.1, 0.15) is 5.82 Å². The predicted octanol–water partition coefficient (Wildman–Crippen LogP) is 3.23. The average molecular weight is 295 g/mol. The number of aryl methyl sites for hydroxylation is 1. The quantitative estimate of drug-likeness (QED) is 0.691. The van der Waals surface area contributed by atoms with Gasteiger partial charge >= 0.3 is 0 Å². The first-order valence-corrected chi connectivity index (χ1v) is 7.27. The molecule has 0 unspecified atom stereocenters. The molecule has 0 saturated heterocycles. The number of halogens is 1. The highest BCUT2D eigenvalue weighted by Gasteiger charge is 2.26. The van der Waals surface area contributed by atoms with Crippen LogP contribution in [0.15, 0.2) is 48.5 Å². The maximum absolute atomic E-state index is 13.0. The predicted molar refractivity (Wildman–Crippen MR) is 82.4 cm³/mol. The molecule has 1 aliphatic heterocycles. The van der Waals surface area contributed by atoms with Gasteiger partial charge in [-0.15, -0.1) is 0 Å². The standard InChI is InChI=1S/C17H14FN3O/c18-13-8-6-12(7-9-13)16(22)21-11-3-10-20-15-5-2-1-4-14(15)19-17(20)21/h1-2,4-9H,3,10-11H2. The Morgan fingerprint density at radius 2 is 1.82 bits per heavy atom. The van der Waals surface area contributed by atoms with Crippen LogP contribution in [0.25, 0.3) is 11.0 Å². The molecule has 0 spiro atoms. The zero-order chi connectivity index (χ0) is 15.1. The molecule has 5 heteroatoms. The number of para-hydroxylation sites is 2. The molecule has 1 amide bonds. The van der Waals surface area contributed by atoms with Crippen molar-refractivity contribution in [1.82, 2.24) is 9.55 Å². The Morgan fingerprint density at radius 3 is 2.64 bits per heavy atom. The monoisotopic (exact) mass is 295 g/mol. The highest BCUT2D eigenvalue weighted by atomic mass is 19.1. The van der Waals surface area contributed by atoms with Crippen molar-refractivity contribution in [1.29, 1.82) is 0 Å². The number of imidazole rings is 1. The summed E-state index contributed by atoms with van der Waals surface area (Å²) in [6, 6.07) is 13.5. The third-order valence-electron chi connectivity index (χ3n) is 3.98. The molecule has 2 aromatic carbocycles. The van der Waals surface area contributed by atoms with Gasteiger partial charge in [-0.3, -0.25) is 9.69 Å². The third kappa shape index (κ3) is 1.97. The number of carbonyl (C=O) groups excluding carboxylic acids is 1. The third-order valence-corrected chi connectivity index (χ3v) is 3.98. The van der Waals surface area contributed by atoms with Crippen LogP contribution < -0.4 is 4.90 Å². The lowest BCUT2D eigenvalue weighted by Gasteiger charge is -2.27. The molecule has 2 heterocycles. The fourth-order valence-electron chi connectivity index (χ4n) is 2.92. The molecule has 1 aliphatic rings. The summed E-state index contributed by atoms with van der Waals surface area (Å²) in [6.45, 7) is 1.47. The van der Waals surface area contributed by atoms with Crippen LogP contribution in [-0.4, -0.2) is 22.0 Å². The number of aromatic nitrogens is 2. The number of nitrogens with zero attached hydrogens (tertiary/aromatic N) is 3. The number of rotatable bonds is 1. The van der Waals surface area contributed by atoms with Crippen LogP contribution in [0, 0.1) is 5.82 Å². The Hall–Kier alpha value is -2.69. The summed E-state index contributed by atoms with van der Waals surface area (Å²) in [4.78, 5) is 19.0. The van der Waals surface area contributed by atoms with Crippen molar-refractivity contribution in [3.63, 3.8) is 0 Å². The fourth-order valence-corrected chi connectivity index (χ4v) is 2.92. The van der Waals surface area contributed by atoms with Gasteiger partial charge in [0.25, 0.3) is 5.91 Å². The van der Waals surface area contributed by atoms with Gasteiger partial charge in [-0.25, -0.2) is 9.37 Å². The molecule has 0 saturated carbocycles. The van der Waals surface area contributed by atoms with Gasteiger partial charge in [0.2, 0.25) is 5.95 Å². The minimum Gasteiger partial charge on any atom is -0.310 e. The molecule has 0 radical (unpaired) electrons. The van der Waals surface area contributed by atoms with Crippen molar-refractivity contribution in [2.75, 3.05) is 11.4 Å². The zero-order valence-electron chi connectivity index (χ0n) is 11.9. The lowest BCUT2D eigenvalue weighted by atomic mass is 10.2. The van der Waals surface area contributed by atoms with E-state index in [0.29, 0.717) is 18.1 Å². The van der Waals surface area contributed by atoms with E-state index < -0.39 is 0 Å². The number of hydrogen-bond donors (Lipinski definition) is 0. The average Bonchev–Trinajstić information content (AvgIpc) is 2.93. The van der Waals surface area contributed by atoms with E-state index in [9.17, 15) is 9.18 Å². The summed E-state index contributed by atoms with van der Waals surface area (Å²) in [7, 11) is 0. The maximum Gasteiger partial charge on any atom is 0.260 e. The smallest absolute Gasteiger partial charge is 0.260 e. The molecule has 4 rings (SSSR count). The van der Waals surface area contributed by atoms with E-state index in [0.717, 1.165) is 24.0 Å². The number of carbonyl (C=O) groups is 1. The second-order valence-electron chi connectivity index (χ2n) is 5.37. The first kappa shape index (κ1) is 13.0. The summed E-state index contributed by atoms with van der Waals surface area (Å²) in [6.07, 6.45) is 0.875. The number of anilines is 1. The molecule has 4 nitrogen and oxygen atoms in total. The van der Waals surface area contributed by atoms with Gasteiger partial charge in [-0.05, 0) is 42.8 Å². The van der Waals surface area contributed by atoms with E-state index in [1.807, 2.05) is 24.3 Å². The normalized spacial score (nSPS) is 14.1. The summed E-state index contributed by atoms with van der Waals surface area (Å²) in [5, 5.41) is 0. The number of amides is 1. The van der Waals surface area contributed by atoms with Crippen LogP contribution >= 0.6 is 0 Å². The first-order valence-electron chi connectivity index (χ1n) is 7.27. The van der Waals surface area contributed by atoms with Crippen LogP contribution in [-0.2, 0) is 6.54 Å². The molecular weight excluding hydrogens is 281 g/mol. The molecular formula is C17H14FN3O. The minimum absolute atomic E-state index is 0.142. The molecule has 0 bridgehead atoms. The van der Waals surface area contributed by atoms with Gasteiger partial charge in [-0.1, -0.05) is 12.1 Å². The molecule has 3 aromatic rings. The van der Waals surface area contributed by atoms with Gasteiger partial charge in [0.15, 0.2) is 0 Å². The summed E-state index contributed by atoms with van der Waals surface area (Å²) < 4.78 is 15.1. The Labute approximate surface area is 126 Å². The van der Waals surface area contributed by atoms with Crippen LogP contribution in [0.2, 0.25) is 0 Å². The lowest BCUT2D eigenvalue weighted by Crippen LogP contribution is -2.37. The molecule has 0 fully saturated rings. The van der Waals surface area contributed by atoms with Gasteiger partial charge < -0.3 is 4.57 Å². The van der Waals surface area contributed by atoms with Crippen molar-refractivity contribution >= 4 is 22.9 Å². The number of fused-ring (bicyclic) bond motifs is 3. The minimum atomic E-state index is -0.345. The van der Waals surface area contributed by atoms with Gasteiger partial charge in [-0.2, -0.15) is 0 Å². The number of hydrogen-bond acceptors (Lipinski definition) is 2. The first-order chi connectivity index (χ1) is 10.7. The summed E-state index contributed by atoms with van der Waals surface area (Å²) >= 11 is 0. The summed E-state index contributed by atoms with van der Waals surface area (Å²) in [5.74, 6) is 0.181. The van der Waals surface area contributed by atoms with Crippen molar-refractivity contribution in [2.24, 2.45) is 0 Å². The van der Waals surface area contributed by atoms with E-state index in [2.05, 4.69) is 9.55 Å². The van der Waals surface area contributed by atoms with E-state index in [1.165, 1.54) is 24.3 Å². The second kappa shape index (κ2) is 4.94. The maximum atomic E-state index is 13.0. The molecule has 0 aliphatic carbocycles. The molecule has 1 aromatic heterocycles. The van der Waals surface area contributed by atoms with E-state index in [1.54, 1.807) is 4.90 Å². The van der Waals surface area contributed by atoms with E-state index >= 15 is 0 Å². The zero-order valence-corrected chi connectivity index (χ0v) is 11.9. The topological polar surface area (TPSA) is 38.1 Å². The van der Waals surface area contributed by atoms with Crippen molar-refractivity contribution in [2.45, 2.75) is 13.0 Å². The van der Waals surface area contributed by atoms with E-state index in [4.69, 9.17) is 0 Å².